The molecule has 184 valence electrons. The number of ether oxygens (including phenoxy) is 3. The molecular weight excluding hydrogens is 472 g/mol. The molecule has 9 nitrogen and oxygen atoms in total. The van der Waals surface area contributed by atoms with Crippen molar-refractivity contribution in [1.82, 2.24) is 15.6 Å². The molecule has 0 bridgehead atoms. The van der Waals surface area contributed by atoms with E-state index in [4.69, 9.17) is 25.8 Å². The van der Waals surface area contributed by atoms with Crippen LogP contribution in [0, 0.1) is 0 Å². The minimum absolute atomic E-state index is 0.0289. The molecule has 0 aliphatic carbocycles. The minimum atomic E-state index is -0.345. The Bertz CT molecular complexity index is 1230. The van der Waals surface area contributed by atoms with Crippen LogP contribution in [0.2, 0.25) is 5.02 Å². The first kappa shape index (κ1) is 24.6. The van der Waals surface area contributed by atoms with Gasteiger partial charge in [-0.2, -0.15) is 0 Å². The van der Waals surface area contributed by atoms with E-state index in [9.17, 15) is 9.59 Å². The fraction of sp³-hybridized carbons (Fsp3) is 0.320. The van der Waals surface area contributed by atoms with E-state index >= 15 is 0 Å². The Morgan fingerprint density at radius 2 is 2.03 bits per heavy atom. The lowest BCUT2D eigenvalue weighted by molar-refractivity contribution is 0.0855. The Labute approximate surface area is 208 Å². The number of urea groups is 1. The minimum Gasteiger partial charge on any atom is -0.496 e. The molecule has 10 heteroatoms. The number of nitrogens with one attached hydrogen (secondary N) is 3. The van der Waals surface area contributed by atoms with Gasteiger partial charge in [0.05, 0.1) is 35.0 Å². The first-order valence-corrected chi connectivity index (χ1v) is 11.7. The van der Waals surface area contributed by atoms with Gasteiger partial charge in [-0.15, -0.1) is 0 Å². The van der Waals surface area contributed by atoms with Gasteiger partial charge in [0.2, 0.25) is 0 Å². The average molecular weight is 499 g/mol. The van der Waals surface area contributed by atoms with E-state index in [0.29, 0.717) is 57.5 Å². The highest BCUT2D eigenvalue weighted by Gasteiger charge is 2.20. The van der Waals surface area contributed by atoms with E-state index in [1.165, 1.54) is 7.11 Å². The Hall–Kier alpha value is -3.56. The number of nitrogens with zero attached hydrogens (tertiary/aromatic N) is 1. The molecule has 3 amide bonds. The number of hydrogen-bond acceptors (Lipinski definition) is 6. The van der Waals surface area contributed by atoms with E-state index in [1.807, 2.05) is 6.92 Å². The van der Waals surface area contributed by atoms with Crippen LogP contribution in [0.15, 0.2) is 42.6 Å². The molecule has 1 fully saturated rings. The predicted molar refractivity (Wildman–Crippen MR) is 134 cm³/mol. The summed E-state index contributed by atoms with van der Waals surface area (Å²) in [4.78, 5) is 29.1. The topological polar surface area (TPSA) is 111 Å². The van der Waals surface area contributed by atoms with Crippen molar-refractivity contribution in [3.05, 3.63) is 53.2 Å². The summed E-state index contributed by atoms with van der Waals surface area (Å²) in [5.41, 5.74) is 1.44. The van der Waals surface area contributed by atoms with Crippen molar-refractivity contribution < 1.29 is 23.8 Å². The molecule has 0 unspecified atom stereocenters. The van der Waals surface area contributed by atoms with E-state index in [-0.39, 0.29) is 18.0 Å². The van der Waals surface area contributed by atoms with Crippen LogP contribution in [0.5, 0.6) is 17.2 Å². The molecular formula is C25H27ClN4O5. The maximum absolute atomic E-state index is 12.9. The smallest absolute Gasteiger partial charge is 0.319 e. The average Bonchev–Trinajstić information content (AvgIpc) is 3.37. The molecule has 1 saturated heterocycles. The fourth-order valence-corrected chi connectivity index (χ4v) is 4.02. The molecule has 0 spiro atoms. The lowest BCUT2D eigenvalue weighted by Crippen LogP contribution is -2.32. The van der Waals surface area contributed by atoms with Crippen LogP contribution >= 0.6 is 11.6 Å². The summed E-state index contributed by atoms with van der Waals surface area (Å²) in [6.07, 6.45) is 3.57. The van der Waals surface area contributed by atoms with Gasteiger partial charge in [0.25, 0.3) is 5.91 Å². The van der Waals surface area contributed by atoms with Crippen molar-refractivity contribution in [3.63, 3.8) is 0 Å². The van der Waals surface area contributed by atoms with Crippen molar-refractivity contribution in [2.24, 2.45) is 0 Å². The van der Waals surface area contributed by atoms with Crippen LogP contribution in [0.3, 0.4) is 0 Å². The number of aromatic nitrogens is 1. The maximum Gasteiger partial charge on any atom is 0.319 e. The summed E-state index contributed by atoms with van der Waals surface area (Å²) in [5.74, 6) is 1.10. The van der Waals surface area contributed by atoms with Gasteiger partial charge in [-0.05, 0) is 44.0 Å². The molecule has 4 rings (SSSR count). The highest BCUT2D eigenvalue weighted by Crippen LogP contribution is 2.35. The Morgan fingerprint density at radius 1 is 1.17 bits per heavy atom. The third-order valence-corrected chi connectivity index (χ3v) is 5.85. The van der Waals surface area contributed by atoms with E-state index < -0.39 is 0 Å². The number of hydrogen-bond donors (Lipinski definition) is 3. The summed E-state index contributed by atoms with van der Waals surface area (Å²) in [6.45, 7) is 3.48. The first-order valence-electron chi connectivity index (χ1n) is 11.4. The van der Waals surface area contributed by atoms with Gasteiger partial charge >= 0.3 is 6.03 Å². The quantitative estimate of drug-likeness (QED) is 0.413. The number of pyridine rings is 1. The molecule has 0 radical (unpaired) electrons. The summed E-state index contributed by atoms with van der Waals surface area (Å²) < 4.78 is 17.1. The predicted octanol–water partition coefficient (Wildman–Crippen LogP) is 4.74. The molecule has 1 atom stereocenters. The van der Waals surface area contributed by atoms with Crippen LogP contribution < -0.4 is 25.4 Å². The molecule has 2 heterocycles. The Morgan fingerprint density at radius 3 is 2.74 bits per heavy atom. The number of carbonyl (C=O) groups excluding carboxylic acids is 2. The van der Waals surface area contributed by atoms with Gasteiger partial charge in [-0.3, -0.25) is 9.78 Å². The van der Waals surface area contributed by atoms with Crippen LogP contribution in [-0.4, -0.2) is 49.8 Å². The fourth-order valence-electron chi connectivity index (χ4n) is 3.81. The number of fused-ring (bicyclic) bond motifs is 1. The zero-order valence-corrected chi connectivity index (χ0v) is 20.3. The second kappa shape index (κ2) is 11.2. The Balaban J connectivity index is 1.58. The van der Waals surface area contributed by atoms with E-state index in [1.54, 1.807) is 42.6 Å². The number of rotatable bonds is 8. The third kappa shape index (κ3) is 5.93. The van der Waals surface area contributed by atoms with Crippen LogP contribution in [0.25, 0.3) is 10.9 Å². The van der Waals surface area contributed by atoms with Gasteiger partial charge in [-0.1, -0.05) is 11.6 Å². The number of amides is 3. The summed E-state index contributed by atoms with van der Waals surface area (Å²) in [7, 11) is 1.51. The molecule has 2 aromatic carbocycles. The molecule has 3 aromatic rings. The van der Waals surface area contributed by atoms with Crippen LogP contribution in [0.4, 0.5) is 10.5 Å². The van der Waals surface area contributed by atoms with Gasteiger partial charge in [-0.25, -0.2) is 4.79 Å². The zero-order valence-electron chi connectivity index (χ0n) is 19.5. The zero-order chi connectivity index (χ0) is 24.8. The van der Waals surface area contributed by atoms with Crippen LogP contribution in [0.1, 0.15) is 30.1 Å². The molecule has 35 heavy (non-hydrogen) atoms. The van der Waals surface area contributed by atoms with Gasteiger partial charge < -0.3 is 30.2 Å². The van der Waals surface area contributed by atoms with Crippen molar-refractivity contribution in [2.45, 2.75) is 25.9 Å². The first-order chi connectivity index (χ1) is 17.0. The third-order valence-electron chi connectivity index (χ3n) is 5.54. The normalized spacial score (nSPS) is 15.0. The van der Waals surface area contributed by atoms with Gasteiger partial charge in [0.15, 0.2) is 0 Å². The highest BCUT2D eigenvalue weighted by atomic mass is 35.5. The molecule has 1 aliphatic rings. The maximum atomic E-state index is 12.9. The second-order valence-corrected chi connectivity index (χ2v) is 8.36. The van der Waals surface area contributed by atoms with E-state index in [2.05, 4.69) is 20.9 Å². The monoisotopic (exact) mass is 498 g/mol. The number of benzene rings is 2. The summed E-state index contributed by atoms with van der Waals surface area (Å²) in [5, 5.41) is 9.21. The van der Waals surface area contributed by atoms with Crippen molar-refractivity contribution >= 4 is 40.1 Å². The lowest BCUT2D eigenvalue weighted by atomic mass is 10.1. The molecule has 0 saturated carbocycles. The SMILES string of the molecule is CCNC(=O)Nc1ccc(Oc2ccnc3cc(OC)c(C(=O)NC[C@@H]4CCCO4)cc23)cc1Cl. The molecule has 3 N–H and O–H groups in total. The van der Waals surface area contributed by atoms with Crippen molar-refractivity contribution in [3.8, 4) is 17.2 Å². The van der Waals surface area contributed by atoms with Crippen LogP contribution in [-0.2, 0) is 4.74 Å². The second-order valence-electron chi connectivity index (χ2n) is 7.95. The largest absolute Gasteiger partial charge is 0.496 e. The van der Waals surface area contributed by atoms with Crippen molar-refractivity contribution in [2.75, 3.05) is 32.1 Å². The molecule has 1 aromatic heterocycles. The summed E-state index contributed by atoms with van der Waals surface area (Å²) >= 11 is 6.34. The number of carbonyl (C=O) groups is 2. The number of halogens is 1. The molecule has 1 aliphatic heterocycles. The highest BCUT2D eigenvalue weighted by molar-refractivity contribution is 6.33. The van der Waals surface area contributed by atoms with E-state index in [0.717, 1.165) is 19.4 Å². The van der Waals surface area contributed by atoms with Gasteiger partial charge in [0.1, 0.15) is 17.2 Å². The van der Waals surface area contributed by atoms with Crippen molar-refractivity contribution in [1.29, 1.82) is 0 Å². The standard InChI is InChI=1S/C25H27ClN4O5/c1-3-27-25(32)30-20-7-6-15(11-19(20)26)35-22-8-9-28-21-13-23(33-2)18(12-17(21)22)24(31)29-14-16-5-4-10-34-16/h6-9,11-13,16H,3-5,10,14H2,1-2H3,(H,29,31)(H2,27,30,32)/t16-/m0/s1. The van der Waals surface area contributed by atoms with Gasteiger partial charge in [0, 0.05) is 43.4 Å². The summed E-state index contributed by atoms with van der Waals surface area (Å²) in [6, 6.07) is 9.72. The lowest BCUT2D eigenvalue weighted by Gasteiger charge is -2.15. The Kier molecular flexibility index (Phi) is 7.89. The number of methoxy groups -OCH3 is 1. The number of anilines is 1.